The van der Waals surface area contributed by atoms with Crippen LogP contribution in [0, 0.1) is 0 Å². The monoisotopic (exact) mass is 392 g/mol. The second kappa shape index (κ2) is 6.52. The SMILES string of the molecule is O=C(OCc1cc(=O)n2cc(Br)ccc2n1)c1ccc(Cl)cc1. The Morgan fingerprint density at radius 1 is 1.22 bits per heavy atom. The van der Waals surface area contributed by atoms with Crippen molar-refractivity contribution < 1.29 is 9.53 Å². The number of fused-ring (bicyclic) bond motifs is 1. The van der Waals surface area contributed by atoms with E-state index in [9.17, 15) is 9.59 Å². The van der Waals surface area contributed by atoms with Crippen molar-refractivity contribution in [3.05, 3.63) is 79.8 Å². The van der Waals surface area contributed by atoms with Crippen LogP contribution in [0.15, 0.2) is 57.9 Å². The van der Waals surface area contributed by atoms with E-state index >= 15 is 0 Å². The van der Waals surface area contributed by atoms with Crippen molar-refractivity contribution in [2.45, 2.75) is 6.61 Å². The normalized spacial score (nSPS) is 10.7. The van der Waals surface area contributed by atoms with Gasteiger partial charge in [0.1, 0.15) is 12.3 Å². The summed E-state index contributed by atoms with van der Waals surface area (Å²) >= 11 is 9.07. The summed E-state index contributed by atoms with van der Waals surface area (Å²) < 4.78 is 7.36. The van der Waals surface area contributed by atoms with E-state index in [4.69, 9.17) is 16.3 Å². The second-order valence-electron chi connectivity index (χ2n) is 4.74. The highest BCUT2D eigenvalue weighted by molar-refractivity contribution is 9.10. The maximum Gasteiger partial charge on any atom is 0.338 e. The molecule has 5 nitrogen and oxygen atoms in total. The number of hydrogen-bond acceptors (Lipinski definition) is 4. The van der Waals surface area contributed by atoms with E-state index in [1.807, 2.05) is 0 Å². The smallest absolute Gasteiger partial charge is 0.338 e. The van der Waals surface area contributed by atoms with E-state index in [-0.39, 0.29) is 12.2 Å². The molecule has 0 aliphatic rings. The number of hydrogen-bond donors (Lipinski definition) is 0. The minimum atomic E-state index is -0.500. The van der Waals surface area contributed by atoms with Crippen molar-refractivity contribution in [3.8, 4) is 0 Å². The molecule has 0 atom stereocenters. The zero-order valence-electron chi connectivity index (χ0n) is 11.7. The van der Waals surface area contributed by atoms with Gasteiger partial charge in [-0.1, -0.05) is 11.6 Å². The Morgan fingerprint density at radius 2 is 1.96 bits per heavy atom. The number of carbonyl (C=O) groups excluding carboxylic acids is 1. The van der Waals surface area contributed by atoms with Crippen LogP contribution >= 0.6 is 27.5 Å². The lowest BCUT2D eigenvalue weighted by Gasteiger charge is -2.06. The first-order valence-electron chi connectivity index (χ1n) is 6.63. The zero-order valence-corrected chi connectivity index (χ0v) is 14.0. The van der Waals surface area contributed by atoms with Gasteiger partial charge in [0.05, 0.1) is 11.3 Å². The third-order valence-electron chi connectivity index (χ3n) is 3.11. The Balaban J connectivity index is 1.79. The molecule has 0 fully saturated rings. The van der Waals surface area contributed by atoms with Crippen LogP contribution in [0.25, 0.3) is 5.65 Å². The van der Waals surface area contributed by atoms with Crippen LogP contribution in [-0.4, -0.2) is 15.4 Å². The first-order chi connectivity index (χ1) is 11.0. The van der Waals surface area contributed by atoms with Gasteiger partial charge in [-0.2, -0.15) is 0 Å². The van der Waals surface area contributed by atoms with Crippen LogP contribution in [0.1, 0.15) is 16.1 Å². The molecule has 0 N–H and O–H groups in total. The quantitative estimate of drug-likeness (QED) is 0.639. The molecular formula is C16H10BrClN2O3. The van der Waals surface area contributed by atoms with E-state index in [2.05, 4.69) is 20.9 Å². The fourth-order valence-corrected chi connectivity index (χ4v) is 2.47. The molecule has 2 aromatic heterocycles. The Hall–Kier alpha value is -2.18. The highest BCUT2D eigenvalue weighted by Crippen LogP contribution is 2.12. The number of aromatic nitrogens is 2. The number of halogens is 2. The molecule has 0 amide bonds. The summed E-state index contributed by atoms with van der Waals surface area (Å²) in [7, 11) is 0. The summed E-state index contributed by atoms with van der Waals surface area (Å²) in [5.41, 5.74) is 1.02. The largest absolute Gasteiger partial charge is 0.456 e. The van der Waals surface area contributed by atoms with Gasteiger partial charge in [0.15, 0.2) is 0 Å². The summed E-state index contributed by atoms with van der Waals surface area (Å²) in [6, 6.07) is 11.2. The van der Waals surface area contributed by atoms with Gasteiger partial charge in [0.25, 0.3) is 5.56 Å². The van der Waals surface area contributed by atoms with Gasteiger partial charge < -0.3 is 4.74 Å². The van der Waals surface area contributed by atoms with Crippen LogP contribution < -0.4 is 5.56 Å². The number of rotatable bonds is 3. The highest BCUT2D eigenvalue weighted by Gasteiger charge is 2.09. The summed E-state index contributed by atoms with van der Waals surface area (Å²) in [6.45, 7) is -0.0801. The van der Waals surface area contributed by atoms with Crippen molar-refractivity contribution in [1.82, 2.24) is 9.38 Å². The predicted molar refractivity (Wildman–Crippen MR) is 89.7 cm³/mol. The molecule has 0 bridgehead atoms. The van der Waals surface area contributed by atoms with Crippen molar-refractivity contribution in [1.29, 1.82) is 0 Å². The molecule has 23 heavy (non-hydrogen) atoms. The first-order valence-corrected chi connectivity index (χ1v) is 7.80. The van der Waals surface area contributed by atoms with E-state index in [0.29, 0.717) is 21.9 Å². The number of ether oxygens (including phenoxy) is 1. The van der Waals surface area contributed by atoms with Gasteiger partial charge in [-0.25, -0.2) is 9.78 Å². The molecule has 7 heteroatoms. The molecule has 0 saturated heterocycles. The molecule has 2 heterocycles. The molecular weight excluding hydrogens is 384 g/mol. The van der Waals surface area contributed by atoms with Gasteiger partial charge in [-0.05, 0) is 52.3 Å². The maximum absolute atomic E-state index is 12.1. The molecule has 0 aliphatic heterocycles. The third-order valence-corrected chi connectivity index (χ3v) is 3.83. The number of pyridine rings is 1. The van der Waals surface area contributed by atoms with Crippen LogP contribution in [0.4, 0.5) is 0 Å². The van der Waals surface area contributed by atoms with Crippen molar-refractivity contribution >= 4 is 39.1 Å². The van der Waals surface area contributed by atoms with Gasteiger partial charge in [0, 0.05) is 21.8 Å². The minimum Gasteiger partial charge on any atom is -0.456 e. The van der Waals surface area contributed by atoms with Crippen molar-refractivity contribution in [2.24, 2.45) is 0 Å². The van der Waals surface area contributed by atoms with Crippen LogP contribution in [-0.2, 0) is 11.3 Å². The average molecular weight is 394 g/mol. The molecule has 0 unspecified atom stereocenters. The van der Waals surface area contributed by atoms with Crippen molar-refractivity contribution in [2.75, 3.05) is 0 Å². The number of carbonyl (C=O) groups is 1. The lowest BCUT2D eigenvalue weighted by Crippen LogP contribution is -2.16. The van der Waals surface area contributed by atoms with Gasteiger partial charge in [0.2, 0.25) is 0 Å². The Morgan fingerprint density at radius 3 is 2.70 bits per heavy atom. The zero-order chi connectivity index (χ0) is 16.4. The molecule has 1 aromatic carbocycles. The second-order valence-corrected chi connectivity index (χ2v) is 6.10. The number of esters is 1. The fraction of sp³-hybridized carbons (Fsp3) is 0.0625. The predicted octanol–water partition coefficient (Wildman–Crippen LogP) is 3.47. The van der Waals surface area contributed by atoms with Gasteiger partial charge >= 0.3 is 5.97 Å². The standard InChI is InChI=1S/C16H10BrClN2O3/c17-11-3-6-14-19-13(7-15(21)20(14)8-11)9-23-16(22)10-1-4-12(18)5-2-10/h1-8H,9H2. The first kappa shape index (κ1) is 15.7. The van der Waals surface area contributed by atoms with Gasteiger partial charge in [-0.15, -0.1) is 0 Å². The lowest BCUT2D eigenvalue weighted by atomic mass is 10.2. The van der Waals surface area contributed by atoms with E-state index < -0.39 is 5.97 Å². The molecule has 116 valence electrons. The molecule has 3 aromatic rings. The molecule has 3 rings (SSSR count). The van der Waals surface area contributed by atoms with E-state index in [1.54, 1.807) is 42.6 Å². The summed E-state index contributed by atoms with van der Waals surface area (Å²) in [6.07, 6.45) is 1.63. The topological polar surface area (TPSA) is 60.7 Å². The Bertz CT molecular complexity index is 938. The lowest BCUT2D eigenvalue weighted by molar-refractivity contribution is 0.0467. The third kappa shape index (κ3) is 3.60. The van der Waals surface area contributed by atoms with E-state index in [1.165, 1.54) is 10.5 Å². The molecule has 0 saturated carbocycles. The maximum atomic E-state index is 12.1. The molecule has 0 radical (unpaired) electrons. The average Bonchev–Trinajstić information content (AvgIpc) is 2.54. The fourth-order valence-electron chi connectivity index (χ4n) is 2.01. The number of nitrogens with zero attached hydrogens (tertiary/aromatic N) is 2. The Kier molecular flexibility index (Phi) is 4.45. The van der Waals surface area contributed by atoms with Crippen LogP contribution in [0.2, 0.25) is 5.02 Å². The Labute approximate surface area is 144 Å². The minimum absolute atomic E-state index is 0.0801. The molecule has 0 aliphatic carbocycles. The highest BCUT2D eigenvalue weighted by atomic mass is 79.9. The summed E-state index contributed by atoms with van der Waals surface area (Å²) in [4.78, 5) is 28.3. The van der Waals surface area contributed by atoms with Gasteiger partial charge in [-0.3, -0.25) is 9.20 Å². The summed E-state index contributed by atoms with van der Waals surface area (Å²) in [5.74, 6) is -0.500. The van der Waals surface area contributed by atoms with Crippen molar-refractivity contribution in [3.63, 3.8) is 0 Å². The van der Waals surface area contributed by atoms with E-state index in [0.717, 1.165) is 4.47 Å². The number of benzene rings is 1. The molecule has 0 spiro atoms. The van der Waals surface area contributed by atoms with Crippen LogP contribution in [0.3, 0.4) is 0 Å². The summed E-state index contributed by atoms with van der Waals surface area (Å²) in [5, 5.41) is 0.539. The van der Waals surface area contributed by atoms with Crippen LogP contribution in [0.5, 0.6) is 0 Å².